The third kappa shape index (κ3) is 4.40. The van der Waals surface area contributed by atoms with Crippen molar-refractivity contribution in [3.8, 4) is 5.88 Å². The molecule has 2 N–H and O–H groups in total. The van der Waals surface area contributed by atoms with Crippen LogP contribution in [0.15, 0.2) is 41.4 Å². The quantitative estimate of drug-likeness (QED) is 0.816. The van der Waals surface area contributed by atoms with E-state index in [0.29, 0.717) is 42.4 Å². The standard InChI is InChI=1S/C18H20ClN3O4S/c1-12-10-15(3-4-16(12)19)27(24,25)22-8-6-14(7-9-22)26-17-5-2-13(11-21-17)18(20)23/h2-5,10-11,14H,6-9H2,1H3,(H2,20,23). The Labute approximate surface area is 163 Å². The molecule has 7 nitrogen and oxygen atoms in total. The number of ether oxygens (including phenoxy) is 1. The van der Waals surface area contributed by atoms with E-state index in [9.17, 15) is 13.2 Å². The van der Waals surface area contributed by atoms with Gasteiger partial charge in [-0.25, -0.2) is 13.4 Å². The second kappa shape index (κ2) is 7.84. The van der Waals surface area contributed by atoms with Crippen molar-refractivity contribution in [2.45, 2.75) is 30.8 Å². The van der Waals surface area contributed by atoms with E-state index in [-0.39, 0.29) is 11.0 Å². The minimum Gasteiger partial charge on any atom is -0.474 e. The van der Waals surface area contributed by atoms with Gasteiger partial charge in [-0.1, -0.05) is 11.6 Å². The lowest BCUT2D eigenvalue weighted by Gasteiger charge is -2.31. The number of nitrogens with zero attached hydrogens (tertiary/aromatic N) is 2. The molecule has 3 rings (SSSR count). The van der Waals surface area contributed by atoms with E-state index in [1.807, 2.05) is 0 Å². The summed E-state index contributed by atoms with van der Waals surface area (Å²) < 4.78 is 32.9. The number of amides is 1. The number of carbonyl (C=O) groups excluding carboxylic acids is 1. The van der Waals surface area contributed by atoms with Crippen LogP contribution in [0, 0.1) is 6.92 Å². The first-order valence-corrected chi connectivity index (χ1v) is 10.3. The molecule has 2 aromatic rings. The van der Waals surface area contributed by atoms with E-state index >= 15 is 0 Å². The van der Waals surface area contributed by atoms with Crippen LogP contribution in [0.25, 0.3) is 0 Å². The van der Waals surface area contributed by atoms with E-state index < -0.39 is 15.9 Å². The van der Waals surface area contributed by atoms with Gasteiger partial charge in [0.25, 0.3) is 0 Å². The molecule has 0 atom stereocenters. The minimum atomic E-state index is -3.56. The normalized spacial score (nSPS) is 16.2. The monoisotopic (exact) mass is 409 g/mol. The highest BCUT2D eigenvalue weighted by molar-refractivity contribution is 7.89. The Bertz CT molecular complexity index is 940. The maximum atomic E-state index is 12.8. The van der Waals surface area contributed by atoms with Gasteiger partial charge in [0.05, 0.1) is 10.5 Å². The summed E-state index contributed by atoms with van der Waals surface area (Å²) in [5, 5.41) is 0.538. The van der Waals surface area contributed by atoms with Gasteiger partial charge in [0.15, 0.2) is 0 Å². The number of aryl methyl sites for hydroxylation is 1. The number of piperidine rings is 1. The van der Waals surface area contributed by atoms with E-state index in [1.54, 1.807) is 31.2 Å². The number of hydrogen-bond donors (Lipinski definition) is 1. The van der Waals surface area contributed by atoms with Crippen molar-refractivity contribution < 1.29 is 17.9 Å². The zero-order valence-corrected chi connectivity index (χ0v) is 16.3. The van der Waals surface area contributed by atoms with Gasteiger partial charge >= 0.3 is 0 Å². The third-order valence-corrected chi connectivity index (χ3v) is 6.80. The molecule has 1 aliphatic heterocycles. The molecular weight excluding hydrogens is 390 g/mol. The first kappa shape index (κ1) is 19.6. The molecule has 1 saturated heterocycles. The summed E-state index contributed by atoms with van der Waals surface area (Å²) in [6.07, 6.45) is 2.31. The number of benzene rings is 1. The van der Waals surface area contributed by atoms with Crippen LogP contribution in [-0.2, 0) is 10.0 Å². The van der Waals surface area contributed by atoms with E-state index in [2.05, 4.69) is 4.98 Å². The summed E-state index contributed by atoms with van der Waals surface area (Å²) in [5.41, 5.74) is 6.21. The Morgan fingerprint density at radius 2 is 1.96 bits per heavy atom. The molecule has 0 saturated carbocycles. The van der Waals surface area contributed by atoms with E-state index in [0.717, 1.165) is 5.56 Å². The van der Waals surface area contributed by atoms with Gasteiger partial charge in [0.2, 0.25) is 21.8 Å². The summed E-state index contributed by atoms with van der Waals surface area (Å²) in [6.45, 7) is 2.49. The van der Waals surface area contributed by atoms with Crippen LogP contribution in [0.1, 0.15) is 28.8 Å². The molecule has 2 heterocycles. The number of primary amides is 1. The summed E-state index contributed by atoms with van der Waals surface area (Å²) in [7, 11) is -3.56. The average Bonchev–Trinajstić information content (AvgIpc) is 2.65. The van der Waals surface area contributed by atoms with Crippen molar-refractivity contribution in [1.82, 2.24) is 9.29 Å². The molecule has 9 heteroatoms. The third-order valence-electron chi connectivity index (χ3n) is 4.48. The molecule has 1 aromatic heterocycles. The number of halogens is 1. The van der Waals surface area contributed by atoms with Gasteiger partial charge in [-0.05, 0) is 49.6 Å². The van der Waals surface area contributed by atoms with Crippen molar-refractivity contribution >= 4 is 27.5 Å². The fourth-order valence-electron chi connectivity index (χ4n) is 2.88. The Morgan fingerprint density at radius 3 is 2.52 bits per heavy atom. The van der Waals surface area contributed by atoms with Crippen LogP contribution < -0.4 is 10.5 Å². The molecule has 27 heavy (non-hydrogen) atoms. The van der Waals surface area contributed by atoms with Gasteiger partial charge < -0.3 is 10.5 Å². The van der Waals surface area contributed by atoms with Crippen LogP contribution in [0.5, 0.6) is 5.88 Å². The smallest absolute Gasteiger partial charge is 0.250 e. The van der Waals surface area contributed by atoms with Gasteiger partial charge in [-0.3, -0.25) is 4.79 Å². The van der Waals surface area contributed by atoms with Crippen LogP contribution >= 0.6 is 11.6 Å². The van der Waals surface area contributed by atoms with Crippen LogP contribution in [0.4, 0.5) is 0 Å². The van der Waals surface area contributed by atoms with E-state index in [4.69, 9.17) is 22.1 Å². The Hall–Kier alpha value is -2.16. The lowest BCUT2D eigenvalue weighted by atomic mass is 10.1. The van der Waals surface area contributed by atoms with Crippen LogP contribution in [-0.4, -0.2) is 42.8 Å². The predicted octanol–water partition coefficient (Wildman–Crippen LogP) is 2.37. The fourth-order valence-corrected chi connectivity index (χ4v) is 4.56. The highest BCUT2D eigenvalue weighted by Crippen LogP contribution is 2.25. The molecule has 0 bridgehead atoms. The molecule has 1 fully saturated rings. The molecule has 0 aliphatic carbocycles. The molecule has 1 amide bonds. The number of rotatable bonds is 5. The first-order valence-electron chi connectivity index (χ1n) is 8.46. The molecule has 0 unspecified atom stereocenters. The number of aromatic nitrogens is 1. The first-order chi connectivity index (χ1) is 12.8. The van der Waals surface area contributed by atoms with Crippen molar-refractivity contribution in [3.63, 3.8) is 0 Å². The summed E-state index contributed by atoms with van der Waals surface area (Å²) in [6, 6.07) is 7.84. The van der Waals surface area contributed by atoms with Gasteiger partial charge in [-0.15, -0.1) is 0 Å². The maximum Gasteiger partial charge on any atom is 0.250 e. The molecule has 1 aromatic carbocycles. The molecule has 0 radical (unpaired) electrons. The summed E-state index contributed by atoms with van der Waals surface area (Å²) in [5.74, 6) is -0.167. The fraction of sp³-hybridized carbons (Fsp3) is 0.333. The Balaban J connectivity index is 1.62. The highest BCUT2D eigenvalue weighted by atomic mass is 35.5. The Kier molecular flexibility index (Phi) is 5.69. The molecule has 1 aliphatic rings. The average molecular weight is 410 g/mol. The predicted molar refractivity (Wildman–Crippen MR) is 101 cm³/mol. The van der Waals surface area contributed by atoms with Crippen LogP contribution in [0.3, 0.4) is 0 Å². The van der Waals surface area contributed by atoms with Crippen molar-refractivity contribution in [1.29, 1.82) is 0 Å². The number of sulfonamides is 1. The topological polar surface area (TPSA) is 103 Å². The van der Waals surface area contributed by atoms with Gasteiger partial charge in [-0.2, -0.15) is 4.31 Å². The molecule has 0 spiro atoms. The number of nitrogens with two attached hydrogens (primary N) is 1. The zero-order valence-electron chi connectivity index (χ0n) is 14.8. The van der Waals surface area contributed by atoms with Crippen molar-refractivity contribution in [3.05, 3.63) is 52.7 Å². The second-order valence-corrected chi connectivity index (χ2v) is 8.73. The lowest BCUT2D eigenvalue weighted by molar-refractivity contribution is 0.0999. The minimum absolute atomic E-state index is 0.143. The largest absolute Gasteiger partial charge is 0.474 e. The SMILES string of the molecule is Cc1cc(S(=O)(=O)N2CCC(Oc3ccc(C(N)=O)cn3)CC2)ccc1Cl. The number of pyridine rings is 1. The number of carbonyl (C=O) groups is 1. The van der Waals surface area contributed by atoms with Gasteiger partial charge in [0, 0.05) is 30.4 Å². The van der Waals surface area contributed by atoms with Crippen molar-refractivity contribution in [2.24, 2.45) is 5.73 Å². The zero-order chi connectivity index (χ0) is 19.6. The molecular formula is C18H20ClN3O4S. The molecule has 144 valence electrons. The van der Waals surface area contributed by atoms with E-state index in [1.165, 1.54) is 16.6 Å². The van der Waals surface area contributed by atoms with Crippen LogP contribution in [0.2, 0.25) is 5.02 Å². The highest BCUT2D eigenvalue weighted by Gasteiger charge is 2.30. The maximum absolute atomic E-state index is 12.8. The second-order valence-electron chi connectivity index (χ2n) is 6.38. The van der Waals surface area contributed by atoms with Gasteiger partial charge in [0.1, 0.15) is 6.10 Å². The Morgan fingerprint density at radius 1 is 1.26 bits per heavy atom. The number of hydrogen-bond acceptors (Lipinski definition) is 5. The summed E-state index contributed by atoms with van der Waals surface area (Å²) >= 11 is 5.98. The van der Waals surface area contributed by atoms with Crippen molar-refractivity contribution in [2.75, 3.05) is 13.1 Å². The lowest BCUT2D eigenvalue weighted by Crippen LogP contribution is -2.41. The summed E-state index contributed by atoms with van der Waals surface area (Å²) in [4.78, 5) is 15.4.